The van der Waals surface area contributed by atoms with Gasteiger partial charge in [-0.15, -0.1) is 0 Å². The molecule has 1 saturated heterocycles. The molecule has 1 aliphatic rings. The Bertz CT molecular complexity index is 1880. The molecule has 24 N–H and O–H groups in total. The van der Waals surface area contributed by atoms with Crippen molar-refractivity contribution in [3.8, 4) is 0 Å². The summed E-state index contributed by atoms with van der Waals surface area (Å²) in [6.07, 6.45) is -0.0173. The van der Waals surface area contributed by atoms with Crippen molar-refractivity contribution in [3.63, 3.8) is 0 Å². The standard InChI is InChI=1S/C45H84N16O14/c1-4-5-6-7-8-9-33(65)53-27(11-17-47)41(71)61-36(25(3)64)45(75)59-29(13-19-49)39(69)58-31-15-21-51-44(74)35(24(2)63)60-42(72)30(14-20-50)56-38(68)28(12-18-48)57-43(73)32(23-62)54-34(66)22-52-37(67)26(10-16-46)55-40(31)70/h24-32,35-36,62-64H,4-23,46-50H2,1-3H3,(H,51,74)(H,52,67)(H,53,65)(H,54,66)(H,55,70)(H,56,68)(H,57,73)(H,58,69)(H,59,75)(H,60,72)(H,61,71)/t24-,25-,26+,27+,28+,29+,30+,31+,32+,35+,36+/m1/s1. The van der Waals surface area contributed by atoms with Crippen LogP contribution in [0.5, 0.6) is 0 Å². The number of hydrogen-bond acceptors (Lipinski definition) is 19. The molecule has 30 nitrogen and oxygen atoms in total. The highest BCUT2D eigenvalue weighted by Crippen LogP contribution is 2.08. The zero-order valence-electron chi connectivity index (χ0n) is 43.2. The minimum absolute atomic E-state index is 0.0164. The van der Waals surface area contributed by atoms with Gasteiger partial charge in [0.1, 0.15) is 54.4 Å². The fourth-order valence-corrected chi connectivity index (χ4v) is 7.45. The van der Waals surface area contributed by atoms with Crippen molar-refractivity contribution in [2.45, 2.75) is 164 Å². The first kappa shape index (κ1) is 66.9. The van der Waals surface area contributed by atoms with Crippen molar-refractivity contribution in [3.05, 3.63) is 0 Å². The predicted molar refractivity (Wildman–Crippen MR) is 270 cm³/mol. The second-order valence-electron chi connectivity index (χ2n) is 18.0. The Morgan fingerprint density at radius 3 is 1.63 bits per heavy atom. The Morgan fingerprint density at radius 2 is 1.11 bits per heavy atom. The molecule has 11 amide bonds. The molecule has 1 aliphatic heterocycles. The van der Waals surface area contributed by atoms with E-state index >= 15 is 0 Å². The van der Waals surface area contributed by atoms with E-state index in [0.717, 1.165) is 25.7 Å². The number of unbranched alkanes of at least 4 members (excludes halogenated alkanes) is 4. The summed E-state index contributed by atoms with van der Waals surface area (Å²) in [6, 6.07) is -13.8. The second kappa shape index (κ2) is 36.7. The van der Waals surface area contributed by atoms with E-state index in [2.05, 4.69) is 65.4 Å². The van der Waals surface area contributed by atoms with Gasteiger partial charge >= 0.3 is 0 Å². The van der Waals surface area contributed by atoms with Crippen molar-refractivity contribution in [1.29, 1.82) is 0 Å². The summed E-state index contributed by atoms with van der Waals surface area (Å²) < 4.78 is 0. The molecule has 0 bridgehead atoms. The fraction of sp³-hybridized carbons (Fsp3) is 0.756. The van der Waals surface area contributed by atoms with E-state index in [1.807, 2.05) is 0 Å². The van der Waals surface area contributed by atoms with Crippen LogP contribution in [0.3, 0.4) is 0 Å². The van der Waals surface area contributed by atoms with Crippen molar-refractivity contribution in [2.75, 3.05) is 52.4 Å². The largest absolute Gasteiger partial charge is 0.394 e. The topological polar surface area (TPSA) is 511 Å². The minimum atomic E-state index is -1.70. The van der Waals surface area contributed by atoms with Gasteiger partial charge in [-0.25, -0.2) is 0 Å². The molecule has 1 fully saturated rings. The van der Waals surface area contributed by atoms with Crippen molar-refractivity contribution < 1.29 is 68.1 Å². The SMILES string of the molecule is CCCCCCCC(=O)N[C@@H](CCN)C(=O)N[C@H](C(=O)N[C@@H](CCN)C(=O)N[C@H]1CCNC(=O)[C@H]([C@@H](C)O)NC(=O)[C@H](CCN)NC(=O)[C@H](CCN)NC(=O)[C@H](CO)NC(=O)CNC(=O)[C@H](CCN)NC1=O)[C@@H](C)O. The molecule has 0 aromatic heterocycles. The maximum Gasteiger partial charge on any atom is 0.245 e. The van der Waals surface area contributed by atoms with Gasteiger partial charge in [0.15, 0.2) is 0 Å². The zero-order chi connectivity index (χ0) is 56.6. The molecule has 1 heterocycles. The molecule has 0 saturated carbocycles. The molecule has 0 radical (unpaired) electrons. The Balaban J connectivity index is 3.60. The molecule has 75 heavy (non-hydrogen) atoms. The van der Waals surface area contributed by atoms with Crippen LogP contribution in [0.1, 0.15) is 97.8 Å². The maximum atomic E-state index is 14.1. The highest BCUT2D eigenvalue weighted by molar-refractivity contribution is 5.98. The van der Waals surface area contributed by atoms with Crippen LogP contribution in [-0.2, 0) is 52.7 Å². The number of nitrogens with two attached hydrogens (primary N) is 5. The third-order valence-electron chi connectivity index (χ3n) is 11.7. The number of amides is 11. The Morgan fingerprint density at radius 1 is 0.587 bits per heavy atom. The molecular weight excluding hydrogens is 989 g/mol. The number of carbonyl (C=O) groups excluding carboxylic acids is 11. The van der Waals surface area contributed by atoms with E-state index in [0.29, 0.717) is 6.42 Å². The van der Waals surface area contributed by atoms with Crippen molar-refractivity contribution in [1.82, 2.24) is 58.5 Å². The maximum absolute atomic E-state index is 14.1. The smallest absolute Gasteiger partial charge is 0.245 e. The van der Waals surface area contributed by atoms with Crippen LogP contribution >= 0.6 is 0 Å². The number of nitrogens with one attached hydrogen (secondary N) is 11. The first-order chi connectivity index (χ1) is 35.6. The predicted octanol–water partition coefficient (Wildman–Crippen LogP) is -9.16. The van der Waals surface area contributed by atoms with E-state index in [-0.39, 0.29) is 71.2 Å². The van der Waals surface area contributed by atoms with Crippen LogP contribution < -0.4 is 87.2 Å². The Kier molecular flexibility index (Phi) is 32.8. The molecule has 1 rings (SSSR count). The summed E-state index contributed by atoms with van der Waals surface area (Å²) in [5.41, 5.74) is 28.7. The van der Waals surface area contributed by atoms with Gasteiger partial charge < -0.3 is 102 Å². The van der Waals surface area contributed by atoms with Crippen molar-refractivity contribution >= 4 is 65.0 Å². The molecule has 0 aliphatic carbocycles. The molecule has 0 spiro atoms. The van der Waals surface area contributed by atoms with E-state index in [9.17, 15) is 68.1 Å². The zero-order valence-corrected chi connectivity index (χ0v) is 43.2. The lowest BCUT2D eigenvalue weighted by Crippen LogP contribution is -2.61. The minimum Gasteiger partial charge on any atom is -0.394 e. The summed E-state index contributed by atoms with van der Waals surface area (Å²) in [5, 5.41) is 57.6. The van der Waals surface area contributed by atoms with Gasteiger partial charge in [0.05, 0.1) is 25.4 Å². The number of rotatable bonds is 26. The quantitative estimate of drug-likeness (QED) is 0.0358. The summed E-state index contributed by atoms with van der Waals surface area (Å²) in [5.74, 6) is -10.4. The van der Waals surface area contributed by atoms with Gasteiger partial charge in [-0.1, -0.05) is 32.6 Å². The highest BCUT2D eigenvalue weighted by atomic mass is 16.3. The van der Waals surface area contributed by atoms with E-state index in [1.54, 1.807) is 0 Å². The van der Waals surface area contributed by atoms with Crippen LogP contribution in [0.25, 0.3) is 0 Å². The average molecular weight is 1070 g/mol. The van der Waals surface area contributed by atoms with Crippen LogP contribution in [-0.4, -0.2) is 199 Å². The van der Waals surface area contributed by atoms with E-state index in [1.165, 1.54) is 13.8 Å². The summed E-state index contributed by atoms with van der Waals surface area (Å²) >= 11 is 0. The average Bonchev–Trinajstić information content (AvgIpc) is 3.35. The summed E-state index contributed by atoms with van der Waals surface area (Å²) in [4.78, 5) is 148. The van der Waals surface area contributed by atoms with Gasteiger partial charge in [-0.3, -0.25) is 52.7 Å². The second-order valence-corrected chi connectivity index (χ2v) is 18.0. The Labute approximate surface area is 436 Å². The molecule has 0 aromatic carbocycles. The third kappa shape index (κ3) is 24.8. The van der Waals surface area contributed by atoms with E-state index in [4.69, 9.17) is 28.7 Å². The van der Waals surface area contributed by atoms with Gasteiger partial charge in [0.25, 0.3) is 0 Å². The lowest BCUT2D eigenvalue weighted by atomic mass is 10.1. The Hall–Kier alpha value is -6.15. The fourth-order valence-electron chi connectivity index (χ4n) is 7.45. The summed E-state index contributed by atoms with van der Waals surface area (Å²) in [6.45, 7) is 1.38. The molecule has 30 heteroatoms. The monoisotopic (exact) mass is 1070 g/mol. The number of aliphatic hydroxyl groups is 3. The lowest BCUT2D eigenvalue weighted by Gasteiger charge is -2.28. The first-order valence-electron chi connectivity index (χ1n) is 25.4. The molecule has 0 unspecified atom stereocenters. The van der Waals surface area contributed by atoms with Crippen molar-refractivity contribution in [2.24, 2.45) is 28.7 Å². The van der Waals surface area contributed by atoms with E-state index < -0.39 is 158 Å². The third-order valence-corrected chi connectivity index (χ3v) is 11.7. The normalized spacial score (nSPS) is 22.9. The highest BCUT2D eigenvalue weighted by Gasteiger charge is 2.36. The van der Waals surface area contributed by atoms with Crippen LogP contribution in [0.2, 0.25) is 0 Å². The van der Waals surface area contributed by atoms with Crippen LogP contribution in [0.4, 0.5) is 0 Å². The van der Waals surface area contributed by atoms with Gasteiger partial charge in [0, 0.05) is 13.0 Å². The van der Waals surface area contributed by atoms with Crippen LogP contribution in [0, 0.1) is 0 Å². The number of hydrogen-bond donors (Lipinski definition) is 19. The molecule has 11 atom stereocenters. The number of aliphatic hydroxyl groups excluding tert-OH is 3. The molecular formula is C45H84N16O14. The summed E-state index contributed by atoms with van der Waals surface area (Å²) in [7, 11) is 0. The van der Waals surface area contributed by atoms with Gasteiger partial charge in [0.2, 0.25) is 65.0 Å². The lowest BCUT2D eigenvalue weighted by molar-refractivity contribution is -0.136. The molecule has 428 valence electrons. The van der Waals surface area contributed by atoms with Gasteiger partial charge in [-0.2, -0.15) is 0 Å². The first-order valence-corrected chi connectivity index (χ1v) is 25.4. The number of carbonyl (C=O) groups is 11. The van der Waals surface area contributed by atoms with Crippen LogP contribution in [0.15, 0.2) is 0 Å². The van der Waals surface area contributed by atoms with Gasteiger partial charge in [-0.05, 0) is 91.5 Å². The molecule has 0 aromatic rings.